The zero-order valence-corrected chi connectivity index (χ0v) is 13.6. The number of nitrogens with one attached hydrogen (secondary N) is 1. The molecule has 118 valence electrons. The predicted molar refractivity (Wildman–Crippen MR) is 90.6 cm³/mol. The lowest BCUT2D eigenvalue weighted by Gasteiger charge is -2.02. The van der Waals surface area contributed by atoms with Crippen LogP contribution in [-0.4, -0.2) is 16.1 Å². The van der Waals surface area contributed by atoms with Gasteiger partial charge >= 0.3 is 0 Å². The minimum atomic E-state index is -0.313. The van der Waals surface area contributed by atoms with Gasteiger partial charge in [-0.2, -0.15) is 0 Å². The van der Waals surface area contributed by atoms with Gasteiger partial charge in [0.1, 0.15) is 5.01 Å². The third kappa shape index (κ3) is 3.65. The zero-order chi connectivity index (χ0) is 16.1. The predicted octanol–water partition coefficient (Wildman–Crippen LogP) is 4.39. The van der Waals surface area contributed by atoms with Crippen molar-refractivity contribution in [3.63, 3.8) is 0 Å². The van der Waals surface area contributed by atoms with Gasteiger partial charge in [-0.3, -0.25) is 10.1 Å². The number of carbonyl (C=O) groups excluding carboxylic acids is 1. The number of hydrogen-bond acceptors (Lipinski definition) is 5. The number of unbranched alkanes of at least 4 members (excludes halogenated alkanes) is 1. The zero-order valence-electron chi connectivity index (χ0n) is 12.8. The number of aryl methyl sites for hydroxylation is 1. The average Bonchev–Trinajstić information content (AvgIpc) is 3.23. The largest absolute Gasteiger partial charge is 0.459 e. The molecule has 6 heteroatoms. The molecule has 1 aromatic carbocycles. The van der Waals surface area contributed by atoms with Gasteiger partial charge in [-0.25, -0.2) is 0 Å². The number of aromatic nitrogens is 2. The Labute approximate surface area is 138 Å². The summed E-state index contributed by atoms with van der Waals surface area (Å²) in [5.74, 6) is -0.0337. The molecule has 0 saturated heterocycles. The Morgan fingerprint density at radius 2 is 2.04 bits per heavy atom. The van der Waals surface area contributed by atoms with E-state index >= 15 is 0 Å². The van der Waals surface area contributed by atoms with Crippen LogP contribution in [-0.2, 0) is 6.42 Å². The van der Waals surface area contributed by atoms with Gasteiger partial charge in [-0.05, 0) is 18.1 Å². The van der Waals surface area contributed by atoms with Gasteiger partial charge in [0.15, 0.2) is 5.76 Å². The number of nitrogens with zero attached hydrogens (tertiary/aromatic N) is 2. The Hall–Kier alpha value is -2.47. The van der Waals surface area contributed by atoms with Gasteiger partial charge in [-0.1, -0.05) is 55.0 Å². The van der Waals surface area contributed by atoms with E-state index in [0.29, 0.717) is 5.13 Å². The molecule has 0 bridgehead atoms. The summed E-state index contributed by atoms with van der Waals surface area (Å²) in [7, 11) is 0. The Morgan fingerprint density at radius 3 is 2.83 bits per heavy atom. The molecule has 0 aliphatic rings. The summed E-state index contributed by atoms with van der Waals surface area (Å²) in [5, 5.41) is 12.3. The molecule has 3 rings (SSSR count). The number of benzene rings is 1. The van der Waals surface area contributed by atoms with Gasteiger partial charge in [0.25, 0.3) is 5.91 Å². The van der Waals surface area contributed by atoms with Crippen LogP contribution in [0.2, 0.25) is 0 Å². The first kappa shape index (κ1) is 15.4. The lowest BCUT2D eigenvalue weighted by atomic mass is 10.1. The van der Waals surface area contributed by atoms with E-state index in [-0.39, 0.29) is 11.7 Å². The van der Waals surface area contributed by atoms with Crippen LogP contribution < -0.4 is 5.32 Å². The van der Waals surface area contributed by atoms with E-state index in [9.17, 15) is 4.79 Å². The summed E-state index contributed by atoms with van der Waals surface area (Å²) in [5.41, 5.74) is 1.70. The molecule has 5 nitrogen and oxygen atoms in total. The molecule has 3 aromatic rings. The number of furan rings is 1. The number of amides is 1. The first-order chi connectivity index (χ1) is 11.3. The summed E-state index contributed by atoms with van der Waals surface area (Å²) < 4.78 is 5.37. The summed E-state index contributed by atoms with van der Waals surface area (Å²) in [6, 6.07) is 11.5. The van der Waals surface area contributed by atoms with E-state index < -0.39 is 0 Å². The fourth-order valence-corrected chi connectivity index (χ4v) is 2.99. The van der Waals surface area contributed by atoms with Crippen molar-refractivity contribution in [1.82, 2.24) is 10.2 Å². The molecule has 0 spiro atoms. The normalized spacial score (nSPS) is 10.7. The van der Waals surface area contributed by atoms with Gasteiger partial charge in [0, 0.05) is 12.0 Å². The minimum Gasteiger partial charge on any atom is -0.459 e. The molecule has 0 aliphatic heterocycles. The van der Waals surface area contributed by atoms with Crippen molar-refractivity contribution in [1.29, 1.82) is 0 Å². The van der Waals surface area contributed by atoms with Crippen LogP contribution in [0.4, 0.5) is 5.13 Å². The molecule has 0 aliphatic carbocycles. The number of hydrogen-bond donors (Lipinski definition) is 1. The van der Waals surface area contributed by atoms with E-state index in [1.54, 1.807) is 6.07 Å². The highest BCUT2D eigenvalue weighted by atomic mass is 32.1. The topological polar surface area (TPSA) is 68.0 Å². The van der Waals surface area contributed by atoms with Crippen molar-refractivity contribution >= 4 is 22.4 Å². The molecule has 2 aromatic heterocycles. The summed E-state index contributed by atoms with van der Waals surface area (Å²) in [6.45, 7) is 2.13. The molecule has 1 amide bonds. The van der Waals surface area contributed by atoms with Crippen LogP contribution >= 0.6 is 11.3 Å². The minimum absolute atomic E-state index is 0.279. The first-order valence-corrected chi connectivity index (χ1v) is 8.36. The SMILES string of the molecule is CCCCc1nnc(NC(=O)c2occc2-c2ccccc2)s1. The Morgan fingerprint density at radius 1 is 1.22 bits per heavy atom. The van der Waals surface area contributed by atoms with Crippen molar-refractivity contribution in [3.8, 4) is 11.1 Å². The highest BCUT2D eigenvalue weighted by molar-refractivity contribution is 7.15. The maximum absolute atomic E-state index is 12.4. The van der Waals surface area contributed by atoms with E-state index in [2.05, 4.69) is 22.4 Å². The average molecular weight is 327 g/mol. The van der Waals surface area contributed by atoms with Gasteiger partial charge in [-0.15, -0.1) is 10.2 Å². The lowest BCUT2D eigenvalue weighted by molar-refractivity contribution is 0.0997. The lowest BCUT2D eigenvalue weighted by Crippen LogP contribution is -2.11. The van der Waals surface area contributed by atoms with E-state index in [4.69, 9.17) is 4.42 Å². The maximum atomic E-state index is 12.4. The van der Waals surface area contributed by atoms with E-state index in [1.165, 1.54) is 17.6 Å². The molecule has 0 unspecified atom stereocenters. The Kier molecular flexibility index (Phi) is 4.83. The summed E-state index contributed by atoms with van der Waals surface area (Å²) >= 11 is 1.40. The molecule has 2 heterocycles. The van der Waals surface area contributed by atoms with Crippen LogP contribution in [0.5, 0.6) is 0 Å². The molecular weight excluding hydrogens is 310 g/mol. The summed E-state index contributed by atoms with van der Waals surface area (Å²) in [6.07, 6.45) is 4.58. The fourth-order valence-electron chi connectivity index (χ4n) is 2.22. The van der Waals surface area contributed by atoms with Crippen LogP contribution in [0.25, 0.3) is 11.1 Å². The molecule has 0 radical (unpaired) electrons. The van der Waals surface area contributed by atoms with Crippen molar-refractivity contribution in [2.24, 2.45) is 0 Å². The molecular formula is C17H17N3O2S. The second-order valence-electron chi connectivity index (χ2n) is 5.09. The molecule has 0 fully saturated rings. The van der Waals surface area contributed by atoms with Crippen molar-refractivity contribution in [2.75, 3.05) is 5.32 Å². The van der Waals surface area contributed by atoms with Crippen LogP contribution in [0.3, 0.4) is 0 Å². The van der Waals surface area contributed by atoms with Gasteiger partial charge in [0.2, 0.25) is 5.13 Å². The number of carbonyl (C=O) groups is 1. The van der Waals surface area contributed by atoms with Crippen LogP contribution in [0.1, 0.15) is 35.3 Å². The quantitative estimate of drug-likeness (QED) is 0.729. The van der Waals surface area contributed by atoms with Gasteiger partial charge < -0.3 is 4.42 Å². The first-order valence-electron chi connectivity index (χ1n) is 7.54. The summed E-state index contributed by atoms with van der Waals surface area (Å²) in [4.78, 5) is 12.4. The smallest absolute Gasteiger partial charge is 0.293 e. The van der Waals surface area contributed by atoms with Crippen molar-refractivity contribution in [2.45, 2.75) is 26.2 Å². The molecule has 0 saturated carbocycles. The highest BCUT2D eigenvalue weighted by Gasteiger charge is 2.18. The van der Waals surface area contributed by atoms with Crippen molar-refractivity contribution < 1.29 is 9.21 Å². The van der Waals surface area contributed by atoms with Gasteiger partial charge in [0.05, 0.1) is 6.26 Å². The Balaban J connectivity index is 1.74. The Bertz CT molecular complexity index is 780. The number of rotatable bonds is 6. The number of anilines is 1. The molecule has 1 N–H and O–H groups in total. The van der Waals surface area contributed by atoms with E-state index in [1.807, 2.05) is 30.3 Å². The standard InChI is InChI=1S/C17H17N3O2S/c1-2-3-9-14-19-20-17(23-14)18-16(21)15-13(10-11-22-15)12-7-5-4-6-8-12/h4-8,10-11H,2-3,9H2,1H3,(H,18,20,21). The third-order valence-electron chi connectivity index (χ3n) is 3.39. The third-order valence-corrected chi connectivity index (χ3v) is 4.29. The highest BCUT2D eigenvalue weighted by Crippen LogP contribution is 2.26. The maximum Gasteiger partial charge on any atom is 0.293 e. The molecule has 23 heavy (non-hydrogen) atoms. The van der Waals surface area contributed by atoms with Crippen LogP contribution in [0, 0.1) is 0 Å². The fraction of sp³-hybridized carbons (Fsp3) is 0.235. The monoisotopic (exact) mass is 327 g/mol. The molecule has 0 atom stereocenters. The van der Waals surface area contributed by atoms with Crippen LogP contribution in [0.15, 0.2) is 47.1 Å². The van der Waals surface area contributed by atoms with E-state index in [0.717, 1.165) is 35.4 Å². The van der Waals surface area contributed by atoms with Crippen molar-refractivity contribution in [3.05, 3.63) is 53.4 Å². The second-order valence-corrected chi connectivity index (χ2v) is 6.15. The second kappa shape index (κ2) is 7.19.